The van der Waals surface area contributed by atoms with Crippen LogP contribution in [0.5, 0.6) is 0 Å². The monoisotopic (exact) mass is 173 g/mol. The fourth-order valence-corrected chi connectivity index (χ4v) is 0.962. The first-order valence-electron chi connectivity index (χ1n) is 3.44. The van der Waals surface area contributed by atoms with Gasteiger partial charge >= 0.3 is 0 Å². The number of aromatic nitrogens is 2. The van der Waals surface area contributed by atoms with Crippen LogP contribution in [0.15, 0.2) is 6.20 Å². The van der Waals surface area contributed by atoms with Gasteiger partial charge in [0, 0.05) is 0 Å². The Morgan fingerprint density at radius 2 is 2.55 bits per heavy atom. The second-order valence-corrected chi connectivity index (χ2v) is 3.24. The van der Waals surface area contributed by atoms with E-state index >= 15 is 0 Å². The van der Waals surface area contributed by atoms with Crippen molar-refractivity contribution in [2.75, 3.05) is 0 Å². The molecule has 1 rings (SSSR count). The van der Waals surface area contributed by atoms with Crippen LogP contribution in [0.2, 0.25) is 0 Å². The Morgan fingerprint density at radius 3 is 3.09 bits per heavy atom. The first-order chi connectivity index (χ1) is 5.29. The summed E-state index contributed by atoms with van der Waals surface area (Å²) in [5.74, 6) is 0. The zero-order valence-electron chi connectivity index (χ0n) is 6.57. The molecule has 1 heterocycles. The van der Waals surface area contributed by atoms with Crippen LogP contribution in [0.3, 0.4) is 0 Å². The molecule has 62 valence electrons. The predicted octanol–water partition coefficient (Wildman–Crippen LogP) is 0.968. The van der Waals surface area contributed by atoms with Gasteiger partial charge in [0.1, 0.15) is 0 Å². The number of hydrogen-bond donors (Lipinski definition) is 1. The van der Waals surface area contributed by atoms with Crippen molar-refractivity contribution < 1.29 is 4.84 Å². The summed E-state index contributed by atoms with van der Waals surface area (Å²) in [6, 6.07) is 0. The summed E-state index contributed by atoms with van der Waals surface area (Å²) >= 11 is 1.37. The van der Waals surface area contributed by atoms with E-state index in [1.54, 1.807) is 6.20 Å². The number of hydroxylamine groups is 1. The minimum absolute atomic E-state index is 0.205. The molecule has 0 saturated heterocycles. The summed E-state index contributed by atoms with van der Waals surface area (Å²) in [6.45, 7) is 4.62. The van der Waals surface area contributed by atoms with Crippen molar-refractivity contribution in [3.63, 3.8) is 0 Å². The van der Waals surface area contributed by atoms with Crippen LogP contribution < -0.4 is 5.48 Å². The van der Waals surface area contributed by atoms with Crippen LogP contribution in [0.4, 0.5) is 0 Å². The SMILES string of the molecule is CC(C)ONCc1cnns1. The van der Waals surface area contributed by atoms with Crippen LogP contribution in [-0.4, -0.2) is 15.7 Å². The molecule has 4 nitrogen and oxygen atoms in total. The van der Waals surface area contributed by atoms with Crippen molar-refractivity contribution in [1.82, 2.24) is 15.1 Å². The van der Waals surface area contributed by atoms with Crippen molar-refractivity contribution in [2.45, 2.75) is 26.5 Å². The highest BCUT2D eigenvalue weighted by Crippen LogP contribution is 2.00. The maximum atomic E-state index is 5.12. The van der Waals surface area contributed by atoms with Gasteiger partial charge in [0.25, 0.3) is 0 Å². The largest absolute Gasteiger partial charge is 0.299 e. The third-order valence-corrected chi connectivity index (χ3v) is 1.63. The average molecular weight is 173 g/mol. The van der Waals surface area contributed by atoms with Gasteiger partial charge in [0.15, 0.2) is 0 Å². The summed E-state index contributed by atoms with van der Waals surface area (Å²) in [6.07, 6.45) is 1.93. The first kappa shape index (κ1) is 8.58. The Labute approximate surface area is 69.7 Å². The lowest BCUT2D eigenvalue weighted by molar-refractivity contribution is -0.00840. The molecule has 0 amide bonds. The first-order valence-corrected chi connectivity index (χ1v) is 4.21. The zero-order valence-corrected chi connectivity index (χ0v) is 7.39. The number of rotatable bonds is 4. The van der Waals surface area contributed by atoms with Gasteiger partial charge in [-0.25, -0.2) is 0 Å². The standard InChI is InChI=1S/C6H11N3OS/c1-5(2)10-8-4-6-3-7-9-11-6/h3,5,8H,4H2,1-2H3. The van der Waals surface area contributed by atoms with Crippen LogP contribution in [0.1, 0.15) is 18.7 Å². The van der Waals surface area contributed by atoms with E-state index in [0.717, 1.165) is 4.88 Å². The van der Waals surface area contributed by atoms with Crippen molar-refractivity contribution in [2.24, 2.45) is 0 Å². The lowest BCUT2D eigenvalue weighted by atomic mass is 10.5. The van der Waals surface area contributed by atoms with Gasteiger partial charge in [-0.15, -0.1) is 5.10 Å². The van der Waals surface area contributed by atoms with Crippen LogP contribution >= 0.6 is 11.5 Å². The molecule has 11 heavy (non-hydrogen) atoms. The minimum atomic E-state index is 0.205. The van der Waals surface area contributed by atoms with E-state index in [1.807, 2.05) is 13.8 Å². The van der Waals surface area contributed by atoms with Crippen LogP contribution in [0, 0.1) is 0 Å². The van der Waals surface area contributed by atoms with E-state index < -0.39 is 0 Å². The zero-order chi connectivity index (χ0) is 8.10. The Hall–Kier alpha value is -0.520. The second kappa shape index (κ2) is 4.38. The van der Waals surface area contributed by atoms with Crippen molar-refractivity contribution >= 4 is 11.5 Å². The summed E-state index contributed by atoms with van der Waals surface area (Å²) in [5, 5.41) is 3.69. The quantitative estimate of drug-likeness (QED) is 0.689. The molecule has 1 N–H and O–H groups in total. The Kier molecular flexibility index (Phi) is 3.41. The molecule has 0 saturated carbocycles. The smallest absolute Gasteiger partial charge is 0.0734 e. The van der Waals surface area contributed by atoms with E-state index in [4.69, 9.17) is 4.84 Å². The number of nitrogens with zero attached hydrogens (tertiary/aromatic N) is 2. The molecule has 0 aliphatic carbocycles. The third-order valence-electron chi connectivity index (χ3n) is 0.972. The summed E-state index contributed by atoms with van der Waals surface area (Å²) in [4.78, 5) is 6.19. The lowest BCUT2D eigenvalue weighted by Gasteiger charge is -2.05. The molecule has 0 bridgehead atoms. The summed E-state index contributed by atoms with van der Waals surface area (Å²) in [7, 11) is 0. The molecule has 0 aliphatic rings. The highest BCUT2D eigenvalue weighted by atomic mass is 32.1. The van der Waals surface area contributed by atoms with E-state index in [1.165, 1.54) is 11.5 Å². The molecule has 0 aliphatic heterocycles. The fraction of sp³-hybridized carbons (Fsp3) is 0.667. The summed E-state index contributed by atoms with van der Waals surface area (Å²) < 4.78 is 3.72. The van der Waals surface area contributed by atoms with Gasteiger partial charge in [-0.05, 0) is 25.4 Å². The van der Waals surface area contributed by atoms with Crippen molar-refractivity contribution in [1.29, 1.82) is 0 Å². The molecular weight excluding hydrogens is 162 g/mol. The van der Waals surface area contributed by atoms with Gasteiger partial charge in [-0.2, -0.15) is 5.48 Å². The molecule has 0 spiro atoms. The van der Waals surface area contributed by atoms with Gasteiger partial charge in [0.05, 0.1) is 23.7 Å². The topological polar surface area (TPSA) is 47.0 Å². The molecule has 0 fully saturated rings. The average Bonchev–Trinajstić information content (AvgIpc) is 2.39. The van der Waals surface area contributed by atoms with Gasteiger partial charge < -0.3 is 0 Å². The van der Waals surface area contributed by atoms with E-state index in [0.29, 0.717) is 6.54 Å². The second-order valence-electron chi connectivity index (χ2n) is 2.37. The molecule has 0 aromatic carbocycles. The maximum absolute atomic E-state index is 5.12. The normalized spacial score (nSPS) is 10.8. The highest BCUT2D eigenvalue weighted by Gasteiger charge is 1.96. The molecular formula is C6H11N3OS. The molecule has 0 unspecified atom stereocenters. The molecule has 5 heteroatoms. The lowest BCUT2D eigenvalue weighted by Crippen LogP contribution is -2.18. The number of hydrogen-bond acceptors (Lipinski definition) is 5. The van der Waals surface area contributed by atoms with Crippen molar-refractivity contribution in [3.05, 3.63) is 11.1 Å². The van der Waals surface area contributed by atoms with Gasteiger partial charge in [0.2, 0.25) is 0 Å². The molecule has 0 radical (unpaired) electrons. The Balaban J connectivity index is 2.14. The highest BCUT2D eigenvalue weighted by molar-refractivity contribution is 7.05. The minimum Gasteiger partial charge on any atom is -0.299 e. The third kappa shape index (κ3) is 3.41. The van der Waals surface area contributed by atoms with Crippen LogP contribution in [0.25, 0.3) is 0 Å². The number of nitrogens with one attached hydrogen (secondary N) is 1. The molecule has 1 aromatic rings. The van der Waals surface area contributed by atoms with E-state index in [-0.39, 0.29) is 6.10 Å². The summed E-state index contributed by atoms with van der Waals surface area (Å²) in [5.41, 5.74) is 2.82. The Morgan fingerprint density at radius 1 is 1.73 bits per heavy atom. The van der Waals surface area contributed by atoms with E-state index in [9.17, 15) is 0 Å². The fourth-order valence-electron chi connectivity index (χ4n) is 0.545. The van der Waals surface area contributed by atoms with Gasteiger partial charge in [-0.3, -0.25) is 4.84 Å². The van der Waals surface area contributed by atoms with Crippen LogP contribution in [-0.2, 0) is 11.4 Å². The van der Waals surface area contributed by atoms with Gasteiger partial charge in [-0.1, -0.05) is 4.49 Å². The maximum Gasteiger partial charge on any atom is 0.0734 e. The van der Waals surface area contributed by atoms with Crippen molar-refractivity contribution in [3.8, 4) is 0 Å². The predicted molar refractivity (Wildman–Crippen MR) is 43.0 cm³/mol. The molecule has 0 atom stereocenters. The molecule has 1 aromatic heterocycles. The Bertz CT molecular complexity index is 188. The van der Waals surface area contributed by atoms with E-state index in [2.05, 4.69) is 15.1 Å².